The number of nitrogens with zero attached hydrogens (tertiary/aromatic N) is 1. The summed E-state index contributed by atoms with van der Waals surface area (Å²) in [5, 5.41) is 21.9. The van der Waals surface area contributed by atoms with E-state index in [2.05, 4.69) is 111 Å². The minimum atomic E-state index is -0.103. The first-order valence-electron chi connectivity index (χ1n) is 19.6. The highest BCUT2D eigenvalue weighted by atomic mass is 16.5. The number of phenolic OH excluding ortho intramolecular Hbond substituents is 2. The zero-order valence-electron chi connectivity index (χ0n) is 32.9. The van der Waals surface area contributed by atoms with E-state index in [-0.39, 0.29) is 11.5 Å². The molecule has 0 heterocycles. The number of allylic oxidation sites excluding steroid dienone is 7. The highest BCUT2D eigenvalue weighted by Gasteiger charge is 2.16. The fraction of sp³-hybridized carbons (Fsp3) is 0.220. The summed E-state index contributed by atoms with van der Waals surface area (Å²) in [6.45, 7) is 8.85. The van der Waals surface area contributed by atoms with Gasteiger partial charge >= 0.3 is 0 Å². The maximum Gasteiger partial charge on any atom is 0.193 e. The third-order valence-electron chi connectivity index (χ3n) is 9.56. The number of benzene rings is 5. The Morgan fingerprint density at radius 3 is 1.84 bits per heavy atom. The molecule has 0 saturated heterocycles. The van der Waals surface area contributed by atoms with E-state index in [0.29, 0.717) is 28.5 Å². The van der Waals surface area contributed by atoms with Crippen molar-refractivity contribution in [1.82, 2.24) is 0 Å². The molecule has 1 atom stereocenters. The maximum absolute atomic E-state index is 12.6. The van der Waals surface area contributed by atoms with Crippen LogP contribution in [0.2, 0.25) is 0 Å². The molecule has 0 fully saturated rings. The van der Waals surface area contributed by atoms with Crippen LogP contribution in [0.25, 0.3) is 0 Å². The van der Waals surface area contributed by atoms with Gasteiger partial charge in [-0.15, -0.1) is 0 Å². The summed E-state index contributed by atoms with van der Waals surface area (Å²) in [6.07, 6.45) is 18.7. The number of hydrogen-bond acceptors (Lipinski definition) is 6. The molecule has 0 bridgehead atoms. The van der Waals surface area contributed by atoms with E-state index in [0.717, 1.165) is 53.7 Å². The lowest BCUT2D eigenvalue weighted by Gasteiger charge is -2.29. The van der Waals surface area contributed by atoms with E-state index < -0.39 is 0 Å². The van der Waals surface area contributed by atoms with E-state index in [9.17, 15) is 15.0 Å². The number of hydrogen-bond donors (Lipinski definition) is 3. The molecule has 0 radical (unpaired) electrons. The molecule has 0 saturated carbocycles. The van der Waals surface area contributed by atoms with Crippen molar-refractivity contribution in [2.45, 2.75) is 59.8 Å². The lowest BCUT2D eigenvalue weighted by Crippen LogP contribution is -2.17. The normalized spacial score (nSPS) is 14.3. The zero-order chi connectivity index (χ0) is 39.7. The molecule has 0 spiro atoms. The summed E-state index contributed by atoms with van der Waals surface area (Å²) in [7, 11) is 0. The Morgan fingerprint density at radius 1 is 0.768 bits per heavy atom. The van der Waals surface area contributed by atoms with Crippen LogP contribution in [0, 0.1) is 11.8 Å². The van der Waals surface area contributed by atoms with Crippen LogP contribution in [-0.2, 0) is 0 Å². The lowest BCUT2D eigenvalue weighted by molar-refractivity contribution is 0.103. The molecule has 0 amide bonds. The number of para-hydroxylation sites is 1. The summed E-state index contributed by atoms with van der Waals surface area (Å²) in [4.78, 5) is 14.9. The SMILES string of the molecule is CCC(C)C.CCC1C=CC(Nc2ccc(O)cc2)=CC1.O=C(c1ccc(O)cc1)c1ccc(Oc2ccc(N(C3=CC=CCC3)c3ccccc3)cc2)cc1. The van der Waals surface area contributed by atoms with Gasteiger partial charge in [0, 0.05) is 39.6 Å². The van der Waals surface area contributed by atoms with Gasteiger partial charge in [0.25, 0.3) is 0 Å². The van der Waals surface area contributed by atoms with Crippen molar-refractivity contribution in [2.24, 2.45) is 11.8 Å². The van der Waals surface area contributed by atoms with Crippen LogP contribution >= 0.6 is 0 Å². The molecule has 5 aromatic rings. The number of nitrogens with one attached hydrogen (secondary N) is 1. The molecule has 3 N–H and O–H groups in total. The lowest BCUT2D eigenvalue weighted by atomic mass is 9.97. The number of aromatic hydroxyl groups is 2. The number of ketones is 1. The number of carbonyl (C=O) groups excluding carboxylic acids is 1. The molecule has 2 aliphatic carbocycles. The van der Waals surface area contributed by atoms with Gasteiger partial charge in [0.15, 0.2) is 5.78 Å². The Labute approximate surface area is 332 Å². The Kier molecular flexibility index (Phi) is 15.3. The summed E-state index contributed by atoms with van der Waals surface area (Å²) in [5.74, 6) is 3.27. The molecule has 6 heteroatoms. The first-order chi connectivity index (χ1) is 27.2. The summed E-state index contributed by atoms with van der Waals surface area (Å²) >= 11 is 0. The number of anilines is 3. The van der Waals surface area contributed by atoms with Crippen LogP contribution in [0.15, 0.2) is 175 Å². The Balaban J connectivity index is 0.000000236. The van der Waals surface area contributed by atoms with Crippen molar-refractivity contribution in [3.63, 3.8) is 0 Å². The quantitative estimate of drug-likeness (QED) is 0.0922. The fourth-order valence-corrected chi connectivity index (χ4v) is 5.86. The first kappa shape index (κ1) is 40.9. The van der Waals surface area contributed by atoms with E-state index in [1.165, 1.54) is 30.7 Å². The van der Waals surface area contributed by atoms with Gasteiger partial charge in [-0.25, -0.2) is 0 Å². The van der Waals surface area contributed by atoms with Crippen molar-refractivity contribution < 1.29 is 19.7 Å². The molecular formula is C50H54N2O4. The van der Waals surface area contributed by atoms with Crippen LogP contribution in [0.1, 0.15) is 75.7 Å². The highest BCUT2D eigenvalue weighted by molar-refractivity contribution is 6.09. The predicted molar refractivity (Wildman–Crippen MR) is 232 cm³/mol. The molecule has 7 rings (SSSR count). The van der Waals surface area contributed by atoms with Crippen LogP contribution in [0.4, 0.5) is 17.1 Å². The van der Waals surface area contributed by atoms with Crippen molar-refractivity contribution in [3.05, 3.63) is 186 Å². The second kappa shape index (κ2) is 21.0. The van der Waals surface area contributed by atoms with Gasteiger partial charge in [-0.2, -0.15) is 0 Å². The number of rotatable bonds is 11. The molecule has 5 aromatic carbocycles. The second-order valence-corrected chi connectivity index (χ2v) is 14.2. The fourth-order valence-electron chi connectivity index (χ4n) is 5.86. The first-order valence-corrected chi connectivity index (χ1v) is 19.6. The zero-order valence-corrected chi connectivity index (χ0v) is 32.9. The largest absolute Gasteiger partial charge is 0.508 e. The highest BCUT2D eigenvalue weighted by Crippen LogP contribution is 2.34. The van der Waals surface area contributed by atoms with E-state index >= 15 is 0 Å². The average molecular weight is 747 g/mol. The summed E-state index contributed by atoms with van der Waals surface area (Å²) < 4.78 is 6.03. The molecule has 0 aliphatic heterocycles. The Morgan fingerprint density at radius 2 is 1.32 bits per heavy atom. The third-order valence-corrected chi connectivity index (χ3v) is 9.56. The van der Waals surface area contributed by atoms with Gasteiger partial charge in [0.1, 0.15) is 23.0 Å². The van der Waals surface area contributed by atoms with Crippen molar-refractivity contribution in [3.8, 4) is 23.0 Å². The van der Waals surface area contributed by atoms with Gasteiger partial charge in [-0.3, -0.25) is 4.79 Å². The van der Waals surface area contributed by atoms with Crippen LogP contribution in [-0.4, -0.2) is 16.0 Å². The van der Waals surface area contributed by atoms with Crippen molar-refractivity contribution >= 4 is 22.8 Å². The number of ether oxygens (including phenoxy) is 1. The Hall–Kier alpha value is -6.27. The second-order valence-electron chi connectivity index (χ2n) is 14.2. The maximum atomic E-state index is 12.6. The molecule has 288 valence electrons. The van der Waals surface area contributed by atoms with Gasteiger partial charge < -0.3 is 25.2 Å². The number of carbonyl (C=O) groups is 1. The minimum absolute atomic E-state index is 0.103. The predicted octanol–water partition coefficient (Wildman–Crippen LogP) is 13.5. The molecule has 1 unspecified atom stereocenters. The monoisotopic (exact) mass is 746 g/mol. The van der Waals surface area contributed by atoms with Gasteiger partial charge in [0.05, 0.1) is 0 Å². The molecular weight excluding hydrogens is 693 g/mol. The topological polar surface area (TPSA) is 82.0 Å². The number of phenols is 2. The Bertz CT molecular complexity index is 2080. The van der Waals surface area contributed by atoms with Gasteiger partial charge in [-0.1, -0.05) is 76.6 Å². The van der Waals surface area contributed by atoms with Crippen LogP contribution in [0.3, 0.4) is 0 Å². The van der Waals surface area contributed by atoms with Crippen LogP contribution in [0.5, 0.6) is 23.0 Å². The van der Waals surface area contributed by atoms with E-state index in [1.807, 2.05) is 30.3 Å². The summed E-state index contributed by atoms with van der Waals surface area (Å²) in [5.41, 5.74) is 6.67. The molecule has 2 aliphatic rings. The smallest absolute Gasteiger partial charge is 0.193 e. The van der Waals surface area contributed by atoms with Gasteiger partial charge in [-0.05, 0) is 159 Å². The average Bonchev–Trinajstić information content (AvgIpc) is 3.24. The minimum Gasteiger partial charge on any atom is -0.508 e. The molecule has 56 heavy (non-hydrogen) atoms. The summed E-state index contributed by atoms with van der Waals surface area (Å²) in [6, 6.07) is 38.8. The van der Waals surface area contributed by atoms with E-state index in [1.54, 1.807) is 48.5 Å². The van der Waals surface area contributed by atoms with Gasteiger partial charge in [0.2, 0.25) is 0 Å². The third kappa shape index (κ3) is 12.4. The molecule has 0 aromatic heterocycles. The van der Waals surface area contributed by atoms with Crippen molar-refractivity contribution in [2.75, 3.05) is 10.2 Å². The van der Waals surface area contributed by atoms with Crippen molar-refractivity contribution in [1.29, 1.82) is 0 Å². The standard InChI is InChI=1S/C31H25NO3.C14H17NO.C5H12/c33-28-17-11-23(12-18-28)31(34)24-13-19-29(20-14-24)35-30-21-15-27(16-22-30)32(25-7-3-1-4-8-25)26-9-5-2-6-10-26;1-2-11-3-5-12(6-4-11)15-13-7-9-14(16)10-8-13;1-4-5(2)3/h1-5,7-9,11-22,33H,6,10H2;3,5-11,15-16H,2,4H2,1H3;5H,4H2,1-3H3. The van der Waals surface area contributed by atoms with E-state index in [4.69, 9.17) is 4.74 Å². The molecule has 6 nitrogen and oxygen atoms in total. The van der Waals surface area contributed by atoms with Crippen LogP contribution < -0.4 is 15.0 Å².